The van der Waals surface area contributed by atoms with Crippen LogP contribution in [0.5, 0.6) is 5.75 Å². The SMILES string of the molecule is CCc1ccc(OC(F)(F)F)cc1-c1cnc(N2C=CC(C)=C(C)C2)cn1. The third-order valence-electron chi connectivity index (χ3n) is 4.49. The van der Waals surface area contributed by atoms with E-state index in [0.29, 0.717) is 23.5 Å². The first-order valence-corrected chi connectivity index (χ1v) is 8.59. The Balaban J connectivity index is 1.88. The fourth-order valence-corrected chi connectivity index (χ4v) is 2.84. The summed E-state index contributed by atoms with van der Waals surface area (Å²) in [5.41, 5.74) is 4.43. The Bertz CT molecular complexity index is 886. The molecule has 0 bridgehead atoms. The minimum atomic E-state index is -4.73. The number of halogens is 3. The lowest BCUT2D eigenvalue weighted by Gasteiger charge is -2.24. The van der Waals surface area contributed by atoms with E-state index in [1.165, 1.54) is 23.3 Å². The highest BCUT2D eigenvalue weighted by atomic mass is 19.4. The molecule has 7 heteroatoms. The van der Waals surface area contributed by atoms with Gasteiger partial charge in [0.2, 0.25) is 0 Å². The summed E-state index contributed by atoms with van der Waals surface area (Å²) in [5, 5.41) is 0. The molecule has 27 heavy (non-hydrogen) atoms. The van der Waals surface area contributed by atoms with Gasteiger partial charge in [-0.05, 0) is 49.6 Å². The van der Waals surface area contributed by atoms with E-state index in [9.17, 15) is 13.2 Å². The summed E-state index contributed by atoms with van der Waals surface area (Å²) in [6.45, 7) is 6.78. The Morgan fingerprint density at radius 1 is 1.15 bits per heavy atom. The minimum absolute atomic E-state index is 0.268. The number of aromatic nitrogens is 2. The van der Waals surface area contributed by atoms with Crippen LogP contribution in [0.1, 0.15) is 26.3 Å². The summed E-state index contributed by atoms with van der Waals surface area (Å²) in [5.74, 6) is 0.415. The largest absolute Gasteiger partial charge is 0.573 e. The van der Waals surface area contributed by atoms with Crippen molar-refractivity contribution in [2.75, 3.05) is 11.4 Å². The molecule has 1 aliphatic heterocycles. The highest BCUT2D eigenvalue weighted by Crippen LogP contribution is 2.31. The molecule has 142 valence electrons. The lowest BCUT2D eigenvalue weighted by Crippen LogP contribution is -2.22. The second kappa shape index (κ2) is 7.42. The van der Waals surface area contributed by atoms with Crippen molar-refractivity contribution in [3.05, 3.63) is 59.6 Å². The van der Waals surface area contributed by atoms with Gasteiger partial charge in [-0.3, -0.25) is 4.98 Å². The Labute approximate surface area is 156 Å². The van der Waals surface area contributed by atoms with Crippen LogP contribution in [-0.4, -0.2) is 22.9 Å². The highest BCUT2D eigenvalue weighted by Gasteiger charge is 2.31. The maximum absolute atomic E-state index is 12.5. The number of benzene rings is 1. The summed E-state index contributed by atoms with van der Waals surface area (Å²) >= 11 is 0. The van der Waals surface area contributed by atoms with Crippen molar-refractivity contribution >= 4 is 5.82 Å². The van der Waals surface area contributed by atoms with Gasteiger partial charge in [-0.1, -0.05) is 18.6 Å². The van der Waals surface area contributed by atoms with Crippen LogP contribution >= 0.6 is 0 Å². The lowest BCUT2D eigenvalue weighted by molar-refractivity contribution is -0.274. The van der Waals surface area contributed by atoms with Gasteiger partial charge in [-0.15, -0.1) is 13.2 Å². The average molecular weight is 375 g/mol. The van der Waals surface area contributed by atoms with E-state index in [1.54, 1.807) is 18.5 Å². The normalized spacial score (nSPS) is 14.7. The fourth-order valence-electron chi connectivity index (χ4n) is 2.84. The lowest BCUT2D eigenvalue weighted by atomic mass is 10.0. The van der Waals surface area contributed by atoms with E-state index < -0.39 is 6.36 Å². The maximum atomic E-state index is 12.5. The van der Waals surface area contributed by atoms with Gasteiger partial charge in [0.25, 0.3) is 0 Å². The zero-order valence-electron chi connectivity index (χ0n) is 15.3. The minimum Gasteiger partial charge on any atom is -0.406 e. The van der Waals surface area contributed by atoms with Crippen LogP contribution in [0, 0.1) is 0 Å². The van der Waals surface area contributed by atoms with E-state index in [2.05, 4.69) is 28.6 Å². The second-order valence-corrected chi connectivity index (χ2v) is 6.39. The second-order valence-electron chi connectivity index (χ2n) is 6.39. The quantitative estimate of drug-likeness (QED) is 0.729. The van der Waals surface area contributed by atoms with Gasteiger partial charge >= 0.3 is 6.36 Å². The first kappa shape index (κ1) is 18.9. The topological polar surface area (TPSA) is 38.2 Å². The molecule has 3 rings (SSSR count). The van der Waals surface area contributed by atoms with Gasteiger partial charge in [0.05, 0.1) is 18.1 Å². The Morgan fingerprint density at radius 3 is 2.52 bits per heavy atom. The van der Waals surface area contributed by atoms with Crippen LogP contribution in [0.15, 0.2) is 54.0 Å². The molecule has 0 N–H and O–H groups in total. The molecule has 0 spiro atoms. The van der Waals surface area contributed by atoms with Crippen molar-refractivity contribution in [1.82, 2.24) is 9.97 Å². The number of allylic oxidation sites excluding steroid dienone is 2. The molecule has 0 aliphatic carbocycles. The molecule has 0 fully saturated rings. The molecule has 0 unspecified atom stereocenters. The summed E-state index contributed by atoms with van der Waals surface area (Å²) < 4.78 is 41.6. The summed E-state index contributed by atoms with van der Waals surface area (Å²) in [7, 11) is 0. The first-order valence-electron chi connectivity index (χ1n) is 8.59. The van der Waals surface area contributed by atoms with Gasteiger partial charge in [0, 0.05) is 18.3 Å². The van der Waals surface area contributed by atoms with E-state index in [-0.39, 0.29) is 5.75 Å². The van der Waals surface area contributed by atoms with E-state index in [4.69, 9.17) is 0 Å². The van der Waals surface area contributed by atoms with Gasteiger partial charge in [0.1, 0.15) is 5.75 Å². The number of anilines is 1. The van der Waals surface area contributed by atoms with Crippen molar-refractivity contribution in [2.24, 2.45) is 0 Å². The van der Waals surface area contributed by atoms with E-state index in [1.807, 2.05) is 24.1 Å². The predicted octanol–water partition coefficient (Wildman–Crippen LogP) is 5.27. The monoisotopic (exact) mass is 375 g/mol. The molecule has 0 amide bonds. The van der Waals surface area contributed by atoms with Crippen LogP contribution in [0.2, 0.25) is 0 Å². The smallest absolute Gasteiger partial charge is 0.406 e. The predicted molar refractivity (Wildman–Crippen MR) is 98.4 cm³/mol. The standard InChI is InChI=1S/C20H20F3N3O/c1-4-15-5-6-16(27-20(21,22)23)9-17(15)18-10-25-19(11-24-18)26-8-7-13(2)14(3)12-26/h5-11H,4,12H2,1-3H3. The number of aryl methyl sites for hydroxylation is 1. The highest BCUT2D eigenvalue weighted by molar-refractivity contribution is 5.66. The first-order chi connectivity index (χ1) is 12.8. The van der Waals surface area contributed by atoms with Crippen LogP contribution < -0.4 is 9.64 Å². The maximum Gasteiger partial charge on any atom is 0.573 e. The summed E-state index contributed by atoms with van der Waals surface area (Å²) in [6, 6.07) is 4.29. The molecule has 0 radical (unpaired) electrons. The van der Waals surface area contributed by atoms with Crippen molar-refractivity contribution < 1.29 is 17.9 Å². The molecule has 0 saturated heterocycles. The number of nitrogens with zero attached hydrogens (tertiary/aromatic N) is 3. The number of rotatable bonds is 4. The van der Waals surface area contributed by atoms with E-state index >= 15 is 0 Å². The van der Waals surface area contributed by atoms with Gasteiger partial charge in [-0.2, -0.15) is 0 Å². The third kappa shape index (κ3) is 4.48. The third-order valence-corrected chi connectivity index (χ3v) is 4.49. The van der Waals surface area contributed by atoms with Crippen molar-refractivity contribution in [3.8, 4) is 17.0 Å². The van der Waals surface area contributed by atoms with Crippen LogP contribution in [0.25, 0.3) is 11.3 Å². The zero-order valence-corrected chi connectivity index (χ0v) is 15.3. The number of hydrogen-bond acceptors (Lipinski definition) is 4. The molecular formula is C20H20F3N3O. The van der Waals surface area contributed by atoms with Crippen LogP contribution in [0.3, 0.4) is 0 Å². The number of alkyl halides is 3. The molecule has 1 aromatic carbocycles. The van der Waals surface area contributed by atoms with Crippen molar-refractivity contribution in [1.29, 1.82) is 0 Å². The molecule has 0 saturated carbocycles. The van der Waals surface area contributed by atoms with Gasteiger partial charge < -0.3 is 9.64 Å². The molecule has 2 aromatic rings. The average Bonchev–Trinajstić information content (AvgIpc) is 2.63. The Kier molecular flexibility index (Phi) is 5.21. The van der Waals surface area contributed by atoms with E-state index in [0.717, 1.165) is 12.1 Å². The molecule has 4 nitrogen and oxygen atoms in total. The van der Waals surface area contributed by atoms with Crippen LogP contribution in [0.4, 0.5) is 19.0 Å². The van der Waals surface area contributed by atoms with Crippen molar-refractivity contribution in [3.63, 3.8) is 0 Å². The summed E-state index contributed by atoms with van der Waals surface area (Å²) in [6.07, 6.45) is 3.09. The van der Waals surface area contributed by atoms with Crippen LogP contribution in [-0.2, 0) is 6.42 Å². The zero-order chi connectivity index (χ0) is 19.6. The molecule has 0 atom stereocenters. The van der Waals surface area contributed by atoms with Crippen molar-refractivity contribution in [2.45, 2.75) is 33.6 Å². The molecule has 2 heterocycles. The Hall–Kier alpha value is -2.83. The molecule has 1 aliphatic rings. The fraction of sp³-hybridized carbons (Fsp3) is 0.300. The number of hydrogen-bond donors (Lipinski definition) is 0. The summed E-state index contributed by atoms with van der Waals surface area (Å²) in [4.78, 5) is 10.8. The Morgan fingerprint density at radius 2 is 1.93 bits per heavy atom. The molecular weight excluding hydrogens is 355 g/mol. The van der Waals surface area contributed by atoms with Gasteiger partial charge in [-0.25, -0.2) is 4.98 Å². The van der Waals surface area contributed by atoms with Gasteiger partial charge in [0.15, 0.2) is 5.82 Å². The number of ether oxygens (including phenoxy) is 1. The molecule has 1 aromatic heterocycles.